The Labute approximate surface area is 199 Å². The van der Waals surface area contributed by atoms with Gasteiger partial charge in [0.05, 0.1) is 0 Å². The van der Waals surface area contributed by atoms with Crippen LogP contribution in [0.3, 0.4) is 0 Å². The molecule has 0 aliphatic rings. The third kappa shape index (κ3) is 5.31. The van der Waals surface area contributed by atoms with Crippen molar-refractivity contribution in [1.29, 1.82) is 0 Å². The first-order valence-electron chi connectivity index (χ1n) is 10.1. The monoisotopic (exact) mass is 511 g/mol. The van der Waals surface area contributed by atoms with E-state index in [9.17, 15) is 0 Å². The van der Waals surface area contributed by atoms with E-state index in [0.717, 1.165) is 0 Å². The van der Waals surface area contributed by atoms with Gasteiger partial charge in [-0.1, -0.05) is 92.1 Å². The van der Waals surface area contributed by atoms with Crippen LogP contribution in [0.5, 0.6) is 0 Å². The Morgan fingerprint density at radius 2 is 1.37 bits per heavy atom. The van der Waals surface area contributed by atoms with Gasteiger partial charge in [0.15, 0.2) is 0 Å². The van der Waals surface area contributed by atoms with Crippen molar-refractivity contribution in [3.63, 3.8) is 0 Å². The van der Waals surface area contributed by atoms with Crippen molar-refractivity contribution in [2.24, 2.45) is 0 Å². The Morgan fingerprint density at radius 3 is 1.93 bits per heavy atom. The Morgan fingerprint density at radius 1 is 0.767 bits per heavy atom. The summed E-state index contributed by atoms with van der Waals surface area (Å²) in [5, 5.41) is 2.67. The van der Waals surface area contributed by atoms with Gasteiger partial charge in [0.1, 0.15) is 0 Å². The van der Waals surface area contributed by atoms with E-state index in [1.807, 2.05) is 0 Å². The summed E-state index contributed by atoms with van der Waals surface area (Å²) >= 11 is -0.826. The fourth-order valence-corrected chi connectivity index (χ4v) is 4.13. The first-order chi connectivity index (χ1) is 14.2. The average Bonchev–Trinajstić information content (AvgIpc) is 3.11. The quantitative estimate of drug-likeness (QED) is 0.234. The van der Waals surface area contributed by atoms with Gasteiger partial charge < -0.3 is 0 Å². The van der Waals surface area contributed by atoms with E-state index >= 15 is 0 Å². The summed E-state index contributed by atoms with van der Waals surface area (Å²) < 4.78 is 0. The van der Waals surface area contributed by atoms with Crippen molar-refractivity contribution in [1.82, 2.24) is 0 Å². The molecule has 0 atom stereocenters. The number of hydrogen-bond acceptors (Lipinski definition) is 0. The van der Waals surface area contributed by atoms with Crippen LogP contribution < -0.4 is 0 Å². The second-order valence-electron chi connectivity index (χ2n) is 8.80. The van der Waals surface area contributed by atoms with Gasteiger partial charge in [0, 0.05) is 0 Å². The standard InChI is InChI=1S/C27H27.2ClH.Zr/c1-18-13-19(2)15-23(14-18)26-24-17-22(20-9-7-6-8-10-20)16-21(24)11-12-25(26)27(3,4)5;;;/h6-17H,1-5H3;2*1H;/q-1;;;+2/p-2. The molecule has 0 aromatic heterocycles. The predicted molar refractivity (Wildman–Crippen MR) is 130 cm³/mol. The van der Waals surface area contributed by atoms with E-state index in [0.29, 0.717) is 0 Å². The molecule has 0 spiro atoms. The third-order valence-electron chi connectivity index (χ3n) is 5.32. The topological polar surface area (TPSA) is 0 Å². The van der Waals surface area contributed by atoms with Gasteiger partial charge in [-0.15, -0.1) is 34.5 Å². The molecule has 0 saturated heterocycles. The number of rotatable bonds is 2. The van der Waals surface area contributed by atoms with Crippen LogP contribution in [-0.2, 0) is 26.3 Å². The molecule has 0 aliphatic carbocycles. The molecule has 0 fully saturated rings. The van der Waals surface area contributed by atoms with Crippen molar-refractivity contribution >= 4 is 27.8 Å². The van der Waals surface area contributed by atoms with E-state index < -0.39 is 20.8 Å². The number of fused-ring (bicyclic) bond motifs is 1. The Hall–Kier alpha value is -1.27. The Kier molecular flexibility index (Phi) is 7.72. The third-order valence-corrected chi connectivity index (χ3v) is 5.32. The Bertz CT molecular complexity index is 1110. The van der Waals surface area contributed by atoms with Crippen LogP contribution in [-0.4, -0.2) is 0 Å². The fourth-order valence-electron chi connectivity index (χ4n) is 4.13. The van der Waals surface area contributed by atoms with Crippen LogP contribution >= 0.6 is 17.0 Å². The van der Waals surface area contributed by atoms with Gasteiger partial charge in [-0.25, -0.2) is 0 Å². The van der Waals surface area contributed by atoms with Gasteiger partial charge in [0.2, 0.25) is 0 Å². The van der Waals surface area contributed by atoms with E-state index in [-0.39, 0.29) is 5.41 Å². The second kappa shape index (κ2) is 9.90. The van der Waals surface area contributed by atoms with Gasteiger partial charge in [-0.2, -0.15) is 0 Å². The number of benzene rings is 3. The van der Waals surface area contributed by atoms with Crippen LogP contribution in [0, 0.1) is 13.8 Å². The molecule has 4 aromatic rings. The molecule has 0 N–H and O–H groups in total. The predicted octanol–water partition coefficient (Wildman–Crippen LogP) is 9.18. The minimum absolute atomic E-state index is 0.0886. The Balaban J connectivity index is 0.000000806. The van der Waals surface area contributed by atoms with Crippen LogP contribution in [0.25, 0.3) is 33.0 Å². The van der Waals surface area contributed by atoms with E-state index in [1.165, 1.54) is 49.7 Å². The summed E-state index contributed by atoms with van der Waals surface area (Å²) in [5.41, 5.74) is 9.41. The molecule has 4 rings (SSSR count). The van der Waals surface area contributed by atoms with Crippen LogP contribution in [0.15, 0.2) is 72.8 Å². The van der Waals surface area contributed by atoms with Crippen LogP contribution in [0.4, 0.5) is 0 Å². The molecule has 0 heterocycles. The maximum absolute atomic E-state index is 4.93. The minimum atomic E-state index is -0.826. The summed E-state index contributed by atoms with van der Waals surface area (Å²) in [6.07, 6.45) is 0. The molecule has 30 heavy (non-hydrogen) atoms. The zero-order chi connectivity index (χ0) is 21.9. The first-order valence-corrected chi connectivity index (χ1v) is 16.4. The van der Waals surface area contributed by atoms with Gasteiger partial charge >= 0.3 is 37.9 Å². The molecule has 3 heteroatoms. The van der Waals surface area contributed by atoms with Crippen molar-refractivity contribution in [3.8, 4) is 22.3 Å². The van der Waals surface area contributed by atoms with E-state index in [1.54, 1.807) is 0 Å². The zero-order valence-electron chi connectivity index (χ0n) is 18.2. The first kappa shape index (κ1) is 23.4. The summed E-state index contributed by atoms with van der Waals surface area (Å²) in [4.78, 5) is 0. The van der Waals surface area contributed by atoms with Crippen LogP contribution in [0.1, 0.15) is 37.5 Å². The van der Waals surface area contributed by atoms with Crippen molar-refractivity contribution in [2.75, 3.05) is 0 Å². The van der Waals surface area contributed by atoms with E-state index in [4.69, 9.17) is 17.0 Å². The average molecular weight is 514 g/mol. The summed E-state index contributed by atoms with van der Waals surface area (Å²) in [6, 6.07) is 26.9. The normalized spacial score (nSPS) is 11.2. The summed E-state index contributed by atoms with van der Waals surface area (Å²) in [7, 11) is 9.87. The van der Waals surface area contributed by atoms with Crippen LogP contribution in [0.2, 0.25) is 0 Å². The zero-order valence-corrected chi connectivity index (χ0v) is 22.2. The molecule has 154 valence electrons. The molecular formula is C27H27Cl2Zr-. The molecule has 0 saturated carbocycles. The van der Waals surface area contributed by atoms with Crippen molar-refractivity contribution in [2.45, 2.75) is 40.0 Å². The summed E-state index contributed by atoms with van der Waals surface area (Å²) in [5.74, 6) is 0. The molecule has 4 aromatic carbocycles. The molecular weight excluding hydrogens is 486 g/mol. The van der Waals surface area contributed by atoms with Crippen molar-refractivity contribution < 1.29 is 20.8 Å². The SMILES string of the molecule is Cc1cc(C)cc(-c2c(C(C)(C)C)ccc3[cH-]c(-c4ccccc4)cc23)c1.[Cl][Zr][Cl]. The molecule has 0 radical (unpaired) electrons. The molecule has 0 unspecified atom stereocenters. The fraction of sp³-hybridized carbons (Fsp3) is 0.222. The second-order valence-corrected chi connectivity index (χ2v) is 12.5. The number of hydrogen-bond donors (Lipinski definition) is 0. The number of aryl methyl sites for hydroxylation is 2. The van der Waals surface area contributed by atoms with Gasteiger partial charge in [0.25, 0.3) is 0 Å². The van der Waals surface area contributed by atoms with Crippen molar-refractivity contribution in [3.05, 3.63) is 89.5 Å². The van der Waals surface area contributed by atoms with E-state index in [2.05, 4.69) is 107 Å². The number of halogens is 2. The summed E-state index contributed by atoms with van der Waals surface area (Å²) in [6.45, 7) is 11.3. The van der Waals surface area contributed by atoms with Gasteiger partial charge in [-0.05, 0) is 36.0 Å². The maximum atomic E-state index is 4.93. The molecule has 0 bridgehead atoms. The molecule has 0 amide bonds. The molecule has 0 aliphatic heterocycles. The molecule has 0 nitrogen and oxygen atoms in total. The van der Waals surface area contributed by atoms with Gasteiger partial charge in [-0.3, -0.25) is 0 Å².